The third-order valence-electron chi connectivity index (χ3n) is 6.62. The Morgan fingerprint density at radius 3 is 1.38 bits per heavy atom. The van der Waals surface area contributed by atoms with E-state index in [4.69, 9.17) is 18.9 Å². The Bertz CT molecular complexity index is 1390. The molecule has 0 unspecified atom stereocenters. The monoisotopic (exact) mass is 672 g/mol. The molecule has 0 aliphatic rings. The Morgan fingerprint density at radius 2 is 1.07 bits per heavy atom. The summed E-state index contributed by atoms with van der Waals surface area (Å²) in [7, 11) is -5.60. The second-order valence-corrected chi connectivity index (χ2v) is 14.5. The van der Waals surface area contributed by atoms with Gasteiger partial charge in [-0.25, -0.2) is 26.4 Å². The molecule has 0 spiro atoms. The molecule has 0 bridgehead atoms. The van der Waals surface area contributed by atoms with Crippen LogP contribution in [0.3, 0.4) is 0 Å². The van der Waals surface area contributed by atoms with Gasteiger partial charge in [0.05, 0.1) is 13.2 Å². The molecule has 0 aliphatic heterocycles. The average Bonchev–Trinajstić information content (AvgIpc) is 2.98. The van der Waals surface area contributed by atoms with E-state index in [0.717, 1.165) is 24.5 Å². The summed E-state index contributed by atoms with van der Waals surface area (Å²) in [6.07, 6.45) is -2.15. The van der Waals surface area contributed by atoms with Crippen molar-refractivity contribution in [2.75, 3.05) is 91.0 Å². The van der Waals surface area contributed by atoms with Gasteiger partial charge in [-0.1, -0.05) is 0 Å². The van der Waals surface area contributed by atoms with Crippen molar-refractivity contribution >= 4 is 54.6 Å². The Kier molecular flexibility index (Phi) is 14.8. The van der Waals surface area contributed by atoms with Crippen molar-refractivity contribution in [3.05, 3.63) is 47.5 Å². The van der Waals surface area contributed by atoms with Gasteiger partial charge in [-0.05, 0) is 75.2 Å². The van der Waals surface area contributed by atoms with Gasteiger partial charge < -0.3 is 28.7 Å². The first-order valence-electron chi connectivity index (χ1n) is 14.2. The molecule has 2 amide bonds. The highest BCUT2D eigenvalue weighted by molar-refractivity contribution is 8.07. The van der Waals surface area contributed by atoms with Crippen LogP contribution in [0.2, 0.25) is 0 Å². The zero-order valence-corrected chi connectivity index (χ0v) is 28.3. The quantitative estimate of drug-likeness (QED) is 0.236. The second kappa shape index (κ2) is 17.8. The normalized spacial score (nSPS) is 11.5. The first-order valence-corrected chi connectivity index (χ1v) is 17.9. The molecule has 2 aromatic rings. The fourth-order valence-electron chi connectivity index (χ4n) is 4.23. The van der Waals surface area contributed by atoms with E-state index in [1.54, 1.807) is 52.3 Å². The number of amides is 2. The minimum Gasteiger partial charge on any atom is -0.433 e. The molecule has 252 valence electrons. The van der Waals surface area contributed by atoms with Crippen molar-refractivity contribution in [3.63, 3.8) is 0 Å². The van der Waals surface area contributed by atoms with Gasteiger partial charge >= 0.3 is 12.2 Å². The van der Waals surface area contributed by atoms with Crippen LogP contribution >= 0.6 is 0 Å². The molecule has 0 aliphatic carbocycles. The summed E-state index contributed by atoms with van der Waals surface area (Å²) in [6.45, 7) is 11.5. The number of ether oxygens (including phenoxy) is 4. The molecule has 2 aromatic carbocycles. The maximum atomic E-state index is 12.4. The van der Waals surface area contributed by atoms with Crippen LogP contribution < -0.4 is 20.4 Å². The molecule has 0 saturated carbocycles. The summed E-state index contributed by atoms with van der Waals surface area (Å²) >= 11 is 0. The van der Waals surface area contributed by atoms with Crippen LogP contribution in [0.1, 0.15) is 25.0 Å². The minimum atomic E-state index is -4.42. The van der Waals surface area contributed by atoms with E-state index in [0.29, 0.717) is 48.8 Å². The molecule has 0 aromatic heterocycles. The Labute approximate surface area is 265 Å². The number of nitrogens with one attached hydrogen (secondary N) is 2. The molecular weight excluding hydrogens is 628 g/mol. The largest absolute Gasteiger partial charge is 0.433 e. The van der Waals surface area contributed by atoms with Crippen molar-refractivity contribution in [3.8, 4) is 0 Å². The van der Waals surface area contributed by atoms with Gasteiger partial charge in [-0.2, -0.15) is 0 Å². The van der Waals surface area contributed by atoms with Crippen LogP contribution in [0.4, 0.5) is 32.3 Å². The highest BCUT2D eigenvalue weighted by Crippen LogP contribution is 2.24. The predicted molar refractivity (Wildman–Crippen MR) is 175 cm³/mol. The number of rotatable bonds is 18. The molecule has 0 fully saturated rings. The van der Waals surface area contributed by atoms with Crippen LogP contribution in [-0.4, -0.2) is 99.6 Å². The van der Waals surface area contributed by atoms with Crippen molar-refractivity contribution < 1.29 is 45.4 Å². The van der Waals surface area contributed by atoms with E-state index in [2.05, 4.69) is 20.4 Å². The highest BCUT2D eigenvalue weighted by Gasteiger charge is 2.26. The Morgan fingerprint density at radius 1 is 0.689 bits per heavy atom. The van der Waals surface area contributed by atoms with Crippen molar-refractivity contribution in [2.45, 2.75) is 27.7 Å². The molecule has 0 atom stereocenters. The number of sulfone groups is 2. The molecule has 0 saturated heterocycles. The predicted octanol–water partition coefficient (Wildman–Crippen LogP) is 3.75. The summed E-state index contributed by atoms with van der Waals surface area (Å²) in [6, 6.07) is 10.6. The number of anilines is 4. The molecule has 16 heteroatoms. The third kappa shape index (κ3) is 12.7. The van der Waals surface area contributed by atoms with Crippen LogP contribution in [0, 0.1) is 13.8 Å². The van der Waals surface area contributed by atoms with E-state index < -0.39 is 48.8 Å². The zero-order chi connectivity index (χ0) is 33.6. The SMILES string of the molecule is CCN(CCOC)c1ccc(NC(=O)OCS(=O)(=O)CS(=O)(=O)COC(=O)Nc2ccc(N(CC)CCOC)cc2C)c(C)c1. The van der Waals surface area contributed by atoms with E-state index in [1.165, 1.54) is 0 Å². The lowest BCUT2D eigenvalue weighted by molar-refractivity contribution is 0.179. The number of hydrogen-bond donors (Lipinski definition) is 2. The highest BCUT2D eigenvalue weighted by atomic mass is 32.3. The summed E-state index contributed by atoms with van der Waals surface area (Å²) in [4.78, 5) is 28.7. The van der Waals surface area contributed by atoms with Crippen LogP contribution in [-0.2, 0) is 38.6 Å². The van der Waals surface area contributed by atoms with Crippen LogP contribution in [0.25, 0.3) is 0 Å². The number of hydrogen-bond acceptors (Lipinski definition) is 12. The summed E-state index contributed by atoms with van der Waals surface area (Å²) in [5.41, 5.74) is 4.04. The lowest BCUT2D eigenvalue weighted by atomic mass is 10.1. The molecule has 2 rings (SSSR count). The van der Waals surface area contributed by atoms with E-state index >= 15 is 0 Å². The molecule has 0 heterocycles. The molecule has 14 nitrogen and oxygen atoms in total. The first kappa shape index (κ1) is 37.6. The summed E-state index contributed by atoms with van der Waals surface area (Å²) in [5.74, 6) is -2.38. The van der Waals surface area contributed by atoms with Crippen molar-refractivity contribution in [1.82, 2.24) is 0 Å². The number of methoxy groups -OCH3 is 2. The van der Waals surface area contributed by atoms with Crippen LogP contribution in [0.15, 0.2) is 36.4 Å². The Balaban J connectivity index is 1.88. The van der Waals surface area contributed by atoms with E-state index in [-0.39, 0.29) is 0 Å². The number of carbonyl (C=O) groups is 2. The Hall–Kier alpha value is -3.60. The van der Waals surface area contributed by atoms with Gasteiger partial charge in [0.15, 0.2) is 36.6 Å². The fraction of sp³-hybridized carbons (Fsp3) is 0.517. The minimum absolute atomic E-state index is 0.398. The molecular formula is C29H44N4O10S2. The lowest BCUT2D eigenvalue weighted by Crippen LogP contribution is -2.28. The number of nitrogens with zero attached hydrogens (tertiary/aromatic N) is 2. The summed E-state index contributed by atoms with van der Waals surface area (Å²) < 4.78 is 69.4. The van der Waals surface area contributed by atoms with E-state index in [1.807, 2.05) is 26.0 Å². The fourth-order valence-corrected chi connectivity index (χ4v) is 7.54. The number of carbonyl (C=O) groups excluding carboxylic acids is 2. The van der Waals surface area contributed by atoms with Crippen molar-refractivity contribution in [1.29, 1.82) is 0 Å². The number of benzene rings is 2. The third-order valence-corrected chi connectivity index (χ3v) is 10.4. The molecule has 0 radical (unpaired) electrons. The number of aryl methyl sites for hydroxylation is 2. The summed E-state index contributed by atoms with van der Waals surface area (Å²) in [5, 5.41) is 3.53. The first-order chi connectivity index (χ1) is 21.2. The van der Waals surface area contributed by atoms with Gasteiger partial charge in [-0.3, -0.25) is 10.6 Å². The van der Waals surface area contributed by atoms with Gasteiger partial charge in [0.1, 0.15) is 0 Å². The van der Waals surface area contributed by atoms with Crippen molar-refractivity contribution in [2.24, 2.45) is 0 Å². The van der Waals surface area contributed by atoms with E-state index in [9.17, 15) is 26.4 Å². The zero-order valence-electron chi connectivity index (χ0n) is 26.6. The average molecular weight is 673 g/mol. The second-order valence-electron chi connectivity index (χ2n) is 10.1. The van der Waals surface area contributed by atoms with Gasteiger partial charge in [0, 0.05) is 63.1 Å². The maximum Gasteiger partial charge on any atom is 0.412 e. The smallest absolute Gasteiger partial charge is 0.412 e. The van der Waals surface area contributed by atoms with Gasteiger partial charge in [0.25, 0.3) is 0 Å². The standard InChI is InChI=1S/C29H44N4O10S2/c1-7-32(13-15-40-5)24-9-11-26(22(3)17-24)30-28(34)42-19-44(36,37)21-45(38,39)20-43-29(35)31-27-12-10-25(18-23(27)4)33(8-2)14-16-41-6/h9-12,17-18H,7-8,13-16,19-21H2,1-6H3,(H,30,34)(H,31,35). The number of likely N-dealkylation sites (N-methyl/N-ethyl adjacent to an activating group) is 2. The van der Waals surface area contributed by atoms with Gasteiger partial charge in [-0.15, -0.1) is 0 Å². The topological polar surface area (TPSA) is 170 Å². The van der Waals surface area contributed by atoms with Crippen LogP contribution in [0.5, 0.6) is 0 Å². The molecule has 2 N–H and O–H groups in total. The maximum absolute atomic E-state index is 12.4. The lowest BCUT2D eigenvalue weighted by Gasteiger charge is -2.23. The molecule has 45 heavy (non-hydrogen) atoms. The van der Waals surface area contributed by atoms with Gasteiger partial charge in [0.2, 0.25) is 0 Å².